The number of aromatic amines is 1. The average molecular weight is 509 g/mol. The minimum absolute atomic E-state index is 0.0289. The van der Waals surface area contributed by atoms with Crippen LogP contribution in [-0.2, 0) is 4.74 Å². The molecule has 5 aromatic rings. The predicted molar refractivity (Wildman–Crippen MR) is 144 cm³/mol. The Morgan fingerprint density at radius 2 is 1.87 bits per heavy atom. The number of H-pyrrole nitrogens is 1. The van der Waals surface area contributed by atoms with Crippen LogP contribution >= 0.6 is 0 Å². The second-order valence-electron chi connectivity index (χ2n) is 9.84. The molecule has 0 unspecified atom stereocenters. The second-order valence-corrected chi connectivity index (χ2v) is 9.84. The van der Waals surface area contributed by atoms with Crippen LogP contribution in [0.4, 0.5) is 5.82 Å². The van der Waals surface area contributed by atoms with Crippen molar-refractivity contribution >= 4 is 33.7 Å². The number of likely N-dealkylation sites (tertiary alicyclic amines) is 1. The molecule has 38 heavy (non-hydrogen) atoms. The van der Waals surface area contributed by atoms with E-state index in [4.69, 9.17) is 19.8 Å². The van der Waals surface area contributed by atoms with Crippen LogP contribution in [0.15, 0.2) is 61.2 Å². The third-order valence-electron chi connectivity index (χ3n) is 7.56. The molecule has 1 aromatic carbocycles. The van der Waals surface area contributed by atoms with Gasteiger partial charge in [0.15, 0.2) is 11.5 Å². The fraction of sp³-hybridized carbons (Fsp3) is 0.321. The largest absolute Gasteiger partial charge is 0.378 e. The van der Waals surface area contributed by atoms with Gasteiger partial charge in [0.25, 0.3) is 5.91 Å². The van der Waals surface area contributed by atoms with Gasteiger partial charge in [-0.3, -0.25) is 9.78 Å². The molecule has 0 saturated carbocycles. The first-order chi connectivity index (χ1) is 18.7. The normalized spacial score (nSPS) is 16.9. The van der Waals surface area contributed by atoms with Crippen molar-refractivity contribution in [3.8, 4) is 11.4 Å². The zero-order chi connectivity index (χ0) is 25.5. The summed E-state index contributed by atoms with van der Waals surface area (Å²) in [6.45, 7) is 4.24. The Bertz CT molecular complexity index is 1600. The zero-order valence-corrected chi connectivity index (χ0v) is 21.0. The molecule has 6 heterocycles. The number of carbonyl (C=O) groups is 1. The molecule has 0 bridgehead atoms. The fourth-order valence-electron chi connectivity index (χ4n) is 5.50. The van der Waals surface area contributed by atoms with Gasteiger partial charge in [0.1, 0.15) is 5.82 Å². The lowest BCUT2D eigenvalue weighted by Crippen LogP contribution is -2.39. The van der Waals surface area contributed by atoms with Crippen molar-refractivity contribution in [3.63, 3.8) is 0 Å². The summed E-state index contributed by atoms with van der Waals surface area (Å²) in [6.07, 6.45) is 8.77. The van der Waals surface area contributed by atoms with E-state index in [0.717, 1.165) is 59.2 Å². The number of hydrogen-bond donors (Lipinski definition) is 1. The topological polar surface area (TPSA) is 105 Å². The second kappa shape index (κ2) is 9.53. The minimum atomic E-state index is 0.0289. The maximum Gasteiger partial charge on any atom is 0.255 e. The summed E-state index contributed by atoms with van der Waals surface area (Å²) >= 11 is 0. The van der Waals surface area contributed by atoms with E-state index in [0.29, 0.717) is 37.7 Å². The van der Waals surface area contributed by atoms with E-state index < -0.39 is 0 Å². The highest BCUT2D eigenvalue weighted by Crippen LogP contribution is 2.33. The van der Waals surface area contributed by atoms with E-state index in [1.54, 1.807) is 18.5 Å². The highest BCUT2D eigenvalue weighted by atomic mass is 16.5. The molecule has 0 spiro atoms. The molecular weight excluding hydrogens is 480 g/mol. The fourth-order valence-corrected chi connectivity index (χ4v) is 5.50. The Labute approximate surface area is 219 Å². The summed E-state index contributed by atoms with van der Waals surface area (Å²) in [5.74, 6) is 1.62. The van der Waals surface area contributed by atoms with Crippen molar-refractivity contribution in [2.24, 2.45) is 0 Å². The monoisotopic (exact) mass is 508 g/mol. The summed E-state index contributed by atoms with van der Waals surface area (Å²) in [5.41, 5.74) is 3.52. The molecule has 2 saturated heterocycles. The van der Waals surface area contributed by atoms with Crippen LogP contribution in [0, 0.1) is 0 Å². The van der Waals surface area contributed by atoms with E-state index in [1.807, 2.05) is 28.0 Å². The molecule has 0 radical (unpaired) electrons. The number of ether oxygens (including phenoxy) is 1. The van der Waals surface area contributed by atoms with Crippen molar-refractivity contribution in [1.29, 1.82) is 0 Å². The molecule has 1 amide bonds. The number of pyridine rings is 1. The number of nitrogens with zero attached hydrogens (tertiary/aromatic N) is 7. The Hall–Kier alpha value is -4.31. The van der Waals surface area contributed by atoms with Crippen molar-refractivity contribution in [3.05, 3.63) is 66.7 Å². The molecule has 1 N–H and O–H groups in total. The van der Waals surface area contributed by atoms with Gasteiger partial charge in [-0.25, -0.2) is 14.6 Å². The van der Waals surface area contributed by atoms with Crippen molar-refractivity contribution in [2.75, 3.05) is 44.3 Å². The number of morpholine rings is 1. The molecule has 2 aliphatic heterocycles. The van der Waals surface area contributed by atoms with Crippen LogP contribution in [-0.4, -0.2) is 79.9 Å². The number of aromatic nitrogens is 6. The first-order valence-electron chi connectivity index (χ1n) is 13.1. The number of anilines is 1. The van der Waals surface area contributed by atoms with Gasteiger partial charge in [-0.05, 0) is 49.2 Å². The average Bonchev–Trinajstić information content (AvgIpc) is 3.64. The van der Waals surface area contributed by atoms with Crippen LogP contribution in [0.3, 0.4) is 0 Å². The van der Waals surface area contributed by atoms with Crippen LogP contribution < -0.4 is 4.90 Å². The zero-order valence-electron chi connectivity index (χ0n) is 21.0. The first kappa shape index (κ1) is 22.9. The number of rotatable bonds is 4. The van der Waals surface area contributed by atoms with Crippen molar-refractivity contribution in [2.45, 2.75) is 18.9 Å². The van der Waals surface area contributed by atoms with Gasteiger partial charge < -0.3 is 19.5 Å². The van der Waals surface area contributed by atoms with Crippen LogP contribution in [0.25, 0.3) is 33.3 Å². The van der Waals surface area contributed by atoms with Gasteiger partial charge >= 0.3 is 0 Å². The molecule has 192 valence electrons. The summed E-state index contributed by atoms with van der Waals surface area (Å²) in [4.78, 5) is 34.6. The molecular formula is C28H28N8O2. The number of piperidine rings is 1. The lowest BCUT2D eigenvalue weighted by Gasteiger charge is -2.32. The summed E-state index contributed by atoms with van der Waals surface area (Å²) in [6, 6.07) is 12.1. The van der Waals surface area contributed by atoms with Crippen molar-refractivity contribution < 1.29 is 9.53 Å². The third-order valence-corrected chi connectivity index (χ3v) is 7.56. The Balaban J connectivity index is 1.23. The maximum absolute atomic E-state index is 12.9. The Morgan fingerprint density at radius 1 is 1.00 bits per heavy atom. The van der Waals surface area contributed by atoms with Gasteiger partial charge in [0.05, 0.1) is 36.4 Å². The summed E-state index contributed by atoms with van der Waals surface area (Å²) < 4.78 is 7.65. The van der Waals surface area contributed by atoms with E-state index in [-0.39, 0.29) is 11.9 Å². The summed E-state index contributed by atoms with van der Waals surface area (Å²) in [7, 11) is 0. The smallest absolute Gasteiger partial charge is 0.255 e. The predicted octanol–water partition coefficient (Wildman–Crippen LogP) is 3.68. The molecule has 0 atom stereocenters. The number of nitrogens with one attached hydrogen (secondary N) is 1. The SMILES string of the molecule is O=C(c1cccnc1)N1CCC(n2ncc3c(N4CCOCC4)nc(-c4ccc5[nH]ccc5c4)nc32)CC1. The van der Waals surface area contributed by atoms with Gasteiger partial charge in [0.2, 0.25) is 0 Å². The molecule has 7 rings (SSSR count). The van der Waals surface area contributed by atoms with E-state index in [2.05, 4.69) is 39.1 Å². The summed E-state index contributed by atoms with van der Waals surface area (Å²) in [5, 5.41) is 6.89. The van der Waals surface area contributed by atoms with E-state index in [1.165, 1.54) is 0 Å². The van der Waals surface area contributed by atoms with E-state index >= 15 is 0 Å². The van der Waals surface area contributed by atoms with Crippen LogP contribution in [0.1, 0.15) is 29.2 Å². The standard InChI is InChI=1S/C28H28N8O2/c37-28(21-2-1-8-29-17-21)35-10-6-22(7-11-35)36-27-23(18-31-36)26(34-12-14-38-15-13-34)32-25(33-27)20-3-4-24-19(16-20)5-9-30-24/h1-5,8-9,16-18,22,30H,6-7,10-15H2. The Kier molecular flexibility index (Phi) is 5.73. The molecule has 2 fully saturated rings. The van der Waals surface area contributed by atoms with Gasteiger partial charge in [-0.2, -0.15) is 5.10 Å². The van der Waals surface area contributed by atoms with Crippen LogP contribution in [0.2, 0.25) is 0 Å². The molecule has 2 aliphatic rings. The minimum Gasteiger partial charge on any atom is -0.378 e. The number of amides is 1. The van der Waals surface area contributed by atoms with Gasteiger partial charge in [-0.1, -0.05) is 0 Å². The van der Waals surface area contributed by atoms with E-state index in [9.17, 15) is 4.79 Å². The third kappa shape index (κ3) is 4.06. The van der Waals surface area contributed by atoms with Gasteiger partial charge in [-0.15, -0.1) is 0 Å². The number of benzene rings is 1. The first-order valence-corrected chi connectivity index (χ1v) is 13.1. The Morgan fingerprint density at radius 3 is 2.68 bits per heavy atom. The molecule has 0 aliphatic carbocycles. The highest BCUT2D eigenvalue weighted by molar-refractivity contribution is 5.94. The van der Waals surface area contributed by atoms with Gasteiger partial charge in [0, 0.05) is 61.2 Å². The molecule has 10 heteroatoms. The quantitative estimate of drug-likeness (QED) is 0.395. The molecule has 4 aromatic heterocycles. The number of carbonyl (C=O) groups excluding carboxylic acids is 1. The van der Waals surface area contributed by atoms with Crippen LogP contribution in [0.5, 0.6) is 0 Å². The number of hydrogen-bond acceptors (Lipinski definition) is 7. The van der Waals surface area contributed by atoms with Crippen molar-refractivity contribution in [1.82, 2.24) is 34.6 Å². The maximum atomic E-state index is 12.9. The number of fused-ring (bicyclic) bond motifs is 2. The highest BCUT2D eigenvalue weighted by Gasteiger charge is 2.28. The molecule has 10 nitrogen and oxygen atoms in total. The lowest BCUT2D eigenvalue weighted by molar-refractivity contribution is 0.0691. The lowest BCUT2D eigenvalue weighted by atomic mass is 10.0.